The molecule has 0 aliphatic heterocycles. The van der Waals surface area contributed by atoms with Crippen LogP contribution in [0.4, 0.5) is 13.2 Å². The zero-order valence-corrected chi connectivity index (χ0v) is 9.66. The van der Waals surface area contributed by atoms with Gasteiger partial charge in [0.05, 0.1) is 5.02 Å². The molecule has 2 aromatic rings. The van der Waals surface area contributed by atoms with Crippen LogP contribution >= 0.6 is 23.2 Å². The Hall–Kier alpha value is -1.26. The third-order valence-electron chi connectivity index (χ3n) is 2.07. The first-order chi connectivity index (χ1) is 7.99. The Morgan fingerprint density at radius 2 is 1.65 bits per heavy atom. The summed E-state index contributed by atoms with van der Waals surface area (Å²) in [5.74, 6) is -3.73. The Labute approximate surface area is 105 Å². The minimum atomic E-state index is -1.38. The van der Waals surface area contributed by atoms with Crippen molar-refractivity contribution in [3.05, 3.63) is 51.9 Å². The van der Waals surface area contributed by atoms with Crippen LogP contribution in [0.2, 0.25) is 10.0 Å². The Morgan fingerprint density at radius 1 is 0.941 bits per heavy atom. The maximum absolute atomic E-state index is 13.4. The molecule has 0 aliphatic rings. The van der Waals surface area contributed by atoms with Gasteiger partial charge >= 0.3 is 0 Å². The van der Waals surface area contributed by atoms with Crippen molar-refractivity contribution in [1.29, 1.82) is 0 Å². The average molecular weight is 278 g/mol. The second kappa shape index (κ2) is 4.55. The Bertz CT molecular complexity index is 587. The minimum absolute atomic E-state index is 0.106. The van der Waals surface area contributed by atoms with Crippen molar-refractivity contribution < 1.29 is 13.2 Å². The normalized spacial score (nSPS) is 10.6. The first-order valence-corrected chi connectivity index (χ1v) is 5.21. The van der Waals surface area contributed by atoms with Gasteiger partial charge in [0.1, 0.15) is 5.69 Å². The summed E-state index contributed by atoms with van der Waals surface area (Å²) in [5, 5.41) is 0.455. The van der Waals surface area contributed by atoms with Crippen LogP contribution in [0.25, 0.3) is 11.3 Å². The summed E-state index contributed by atoms with van der Waals surface area (Å²) in [6.07, 6.45) is 0. The number of rotatable bonds is 1. The number of hydrogen-bond acceptors (Lipinski definition) is 1. The first-order valence-electron chi connectivity index (χ1n) is 4.46. The van der Waals surface area contributed by atoms with Gasteiger partial charge < -0.3 is 0 Å². The van der Waals surface area contributed by atoms with E-state index in [4.69, 9.17) is 23.2 Å². The van der Waals surface area contributed by atoms with E-state index in [0.717, 1.165) is 0 Å². The van der Waals surface area contributed by atoms with Crippen LogP contribution in [0.1, 0.15) is 0 Å². The molecule has 2 rings (SSSR count). The lowest BCUT2D eigenvalue weighted by Crippen LogP contribution is -1.97. The number of pyridine rings is 1. The molecule has 17 heavy (non-hydrogen) atoms. The maximum atomic E-state index is 13.4. The van der Waals surface area contributed by atoms with Gasteiger partial charge in [0, 0.05) is 16.7 Å². The smallest absolute Gasteiger partial charge is 0.214 e. The highest BCUT2D eigenvalue weighted by atomic mass is 35.5. The molecule has 0 N–H and O–H groups in total. The van der Waals surface area contributed by atoms with Crippen LogP contribution in [0.3, 0.4) is 0 Å². The van der Waals surface area contributed by atoms with Gasteiger partial charge in [-0.05, 0) is 18.2 Å². The van der Waals surface area contributed by atoms with Crippen LogP contribution in [0, 0.1) is 17.6 Å². The third-order valence-corrected chi connectivity index (χ3v) is 2.62. The zero-order chi connectivity index (χ0) is 12.6. The molecular formula is C11H4Cl2F3N. The molecular weight excluding hydrogens is 274 g/mol. The van der Waals surface area contributed by atoms with Crippen LogP contribution in [0.15, 0.2) is 24.3 Å². The largest absolute Gasteiger partial charge is 0.249 e. The van der Waals surface area contributed by atoms with E-state index in [1.165, 1.54) is 18.2 Å². The summed E-state index contributed by atoms with van der Waals surface area (Å²) in [6.45, 7) is 0. The second-order valence-electron chi connectivity index (χ2n) is 3.22. The molecule has 0 saturated heterocycles. The van der Waals surface area contributed by atoms with E-state index in [2.05, 4.69) is 4.98 Å². The highest BCUT2D eigenvalue weighted by Gasteiger charge is 2.15. The summed E-state index contributed by atoms with van der Waals surface area (Å²) in [5.41, 5.74) is -0.210. The van der Waals surface area contributed by atoms with E-state index >= 15 is 0 Å². The fraction of sp³-hybridized carbons (Fsp3) is 0. The summed E-state index contributed by atoms with van der Waals surface area (Å²) >= 11 is 11.5. The summed E-state index contributed by atoms with van der Waals surface area (Å²) in [6, 6.07) is 4.61. The van der Waals surface area contributed by atoms with Gasteiger partial charge in [-0.3, -0.25) is 0 Å². The molecule has 88 valence electrons. The van der Waals surface area contributed by atoms with Crippen molar-refractivity contribution in [2.75, 3.05) is 0 Å². The molecule has 1 aromatic carbocycles. The van der Waals surface area contributed by atoms with Gasteiger partial charge in [-0.15, -0.1) is 0 Å². The van der Waals surface area contributed by atoms with E-state index in [1.807, 2.05) is 0 Å². The molecule has 0 aliphatic carbocycles. The van der Waals surface area contributed by atoms with Crippen molar-refractivity contribution in [3.8, 4) is 11.3 Å². The number of nitrogens with zero attached hydrogens (tertiary/aromatic N) is 1. The van der Waals surface area contributed by atoms with Gasteiger partial charge in [0.15, 0.2) is 11.6 Å². The Kier molecular flexibility index (Phi) is 3.26. The van der Waals surface area contributed by atoms with Crippen molar-refractivity contribution in [1.82, 2.24) is 4.98 Å². The molecule has 0 spiro atoms. The standard InChI is InChI=1S/C11H4Cl2F3N/c12-5-1-2-6(7(13)3-5)10-8(14)4-9(15)11(16)17-10/h1-4H. The van der Waals surface area contributed by atoms with Crippen molar-refractivity contribution in [3.63, 3.8) is 0 Å². The minimum Gasteiger partial charge on any atom is -0.214 e. The van der Waals surface area contributed by atoms with Gasteiger partial charge in [-0.2, -0.15) is 4.39 Å². The molecule has 1 heterocycles. The van der Waals surface area contributed by atoms with E-state index in [-0.39, 0.29) is 16.3 Å². The van der Waals surface area contributed by atoms with E-state index in [0.29, 0.717) is 11.1 Å². The molecule has 0 radical (unpaired) electrons. The van der Waals surface area contributed by atoms with Gasteiger partial charge in [-0.1, -0.05) is 23.2 Å². The third kappa shape index (κ3) is 2.37. The number of benzene rings is 1. The maximum Gasteiger partial charge on any atom is 0.249 e. The summed E-state index contributed by atoms with van der Waals surface area (Å²) < 4.78 is 39.1. The van der Waals surface area contributed by atoms with Gasteiger partial charge in [-0.25, -0.2) is 13.8 Å². The predicted molar refractivity (Wildman–Crippen MR) is 59.6 cm³/mol. The molecule has 0 amide bonds. The lowest BCUT2D eigenvalue weighted by atomic mass is 10.1. The number of hydrogen-bond donors (Lipinski definition) is 0. The summed E-state index contributed by atoms with van der Waals surface area (Å²) in [4.78, 5) is 3.19. The van der Waals surface area contributed by atoms with Crippen molar-refractivity contribution in [2.45, 2.75) is 0 Å². The molecule has 0 fully saturated rings. The molecule has 1 aromatic heterocycles. The molecule has 1 nitrogen and oxygen atoms in total. The quantitative estimate of drug-likeness (QED) is 0.701. The highest BCUT2D eigenvalue weighted by molar-refractivity contribution is 6.36. The fourth-order valence-electron chi connectivity index (χ4n) is 1.31. The van der Waals surface area contributed by atoms with Crippen molar-refractivity contribution in [2.24, 2.45) is 0 Å². The second-order valence-corrected chi connectivity index (χ2v) is 4.06. The highest BCUT2D eigenvalue weighted by Crippen LogP contribution is 2.31. The van der Waals surface area contributed by atoms with E-state index < -0.39 is 17.6 Å². The topological polar surface area (TPSA) is 12.9 Å². The van der Waals surface area contributed by atoms with E-state index in [9.17, 15) is 13.2 Å². The zero-order valence-electron chi connectivity index (χ0n) is 8.15. The Morgan fingerprint density at radius 3 is 2.29 bits per heavy atom. The van der Waals surface area contributed by atoms with Gasteiger partial charge in [0.2, 0.25) is 5.95 Å². The lowest BCUT2D eigenvalue weighted by Gasteiger charge is -2.06. The summed E-state index contributed by atoms with van der Waals surface area (Å²) in [7, 11) is 0. The van der Waals surface area contributed by atoms with Crippen LogP contribution in [0.5, 0.6) is 0 Å². The predicted octanol–water partition coefficient (Wildman–Crippen LogP) is 4.47. The first kappa shape index (κ1) is 12.2. The molecule has 0 atom stereocenters. The lowest BCUT2D eigenvalue weighted by molar-refractivity contribution is 0.466. The Balaban J connectivity index is 2.64. The number of aromatic nitrogens is 1. The molecule has 0 bridgehead atoms. The van der Waals surface area contributed by atoms with Gasteiger partial charge in [0.25, 0.3) is 0 Å². The van der Waals surface area contributed by atoms with Crippen LogP contribution in [-0.2, 0) is 0 Å². The molecule has 6 heteroatoms. The fourth-order valence-corrected chi connectivity index (χ4v) is 1.81. The van der Waals surface area contributed by atoms with E-state index in [1.54, 1.807) is 0 Å². The monoisotopic (exact) mass is 277 g/mol. The van der Waals surface area contributed by atoms with Crippen LogP contribution < -0.4 is 0 Å². The SMILES string of the molecule is Fc1cc(F)c(-c2ccc(Cl)cc2Cl)nc1F. The molecule has 0 saturated carbocycles. The van der Waals surface area contributed by atoms with Crippen LogP contribution in [-0.4, -0.2) is 4.98 Å². The number of halogens is 5. The van der Waals surface area contributed by atoms with Crippen molar-refractivity contribution >= 4 is 23.2 Å². The molecule has 0 unspecified atom stereocenters. The average Bonchev–Trinajstić information content (AvgIpc) is 2.24.